The molecule has 0 unspecified atom stereocenters. The molecule has 1 aromatic heterocycles. The summed E-state index contributed by atoms with van der Waals surface area (Å²) < 4.78 is 10.8. The average Bonchev–Trinajstić information content (AvgIpc) is 3.27. The molecule has 0 atom stereocenters. The lowest BCUT2D eigenvalue weighted by Crippen LogP contribution is -2.46. The largest absolute Gasteiger partial charge is 0.454 e. The van der Waals surface area contributed by atoms with Crippen LogP contribution in [0.1, 0.15) is 5.56 Å². The van der Waals surface area contributed by atoms with E-state index >= 15 is 0 Å². The van der Waals surface area contributed by atoms with E-state index in [-0.39, 0.29) is 17.4 Å². The van der Waals surface area contributed by atoms with Crippen LogP contribution in [0.15, 0.2) is 24.5 Å². The van der Waals surface area contributed by atoms with Crippen LogP contribution >= 0.6 is 11.8 Å². The van der Waals surface area contributed by atoms with Crippen LogP contribution in [0.5, 0.6) is 11.5 Å². The van der Waals surface area contributed by atoms with Gasteiger partial charge in [0.25, 0.3) is 0 Å². The number of fused-ring (bicyclic) bond motifs is 1. The molecule has 2 fully saturated rings. The molecule has 0 spiro atoms. The number of hydrogen-bond acceptors (Lipinski definition) is 10. The number of anilines is 2. The zero-order chi connectivity index (χ0) is 21.2. The van der Waals surface area contributed by atoms with Crippen molar-refractivity contribution < 1.29 is 14.4 Å². The van der Waals surface area contributed by atoms with Crippen molar-refractivity contribution in [3.8, 4) is 11.5 Å². The van der Waals surface area contributed by atoms with Crippen LogP contribution in [0.2, 0.25) is 0 Å². The van der Waals surface area contributed by atoms with E-state index in [9.17, 15) is 10.1 Å². The molecule has 4 heterocycles. The summed E-state index contributed by atoms with van der Waals surface area (Å²) in [7, 11) is 0. The van der Waals surface area contributed by atoms with Crippen molar-refractivity contribution in [3.05, 3.63) is 40.2 Å². The van der Waals surface area contributed by atoms with Gasteiger partial charge in [-0.1, -0.05) is 6.07 Å². The molecule has 2 aromatic rings. The Hall–Kier alpha value is -2.79. The van der Waals surface area contributed by atoms with Gasteiger partial charge in [0, 0.05) is 57.3 Å². The zero-order valence-corrected chi connectivity index (χ0v) is 17.9. The Morgan fingerprint density at radius 1 is 0.968 bits per heavy atom. The van der Waals surface area contributed by atoms with E-state index in [1.807, 2.05) is 33.7 Å². The Bertz CT molecular complexity index is 963. The molecule has 0 N–H and O–H groups in total. The first kappa shape index (κ1) is 20.1. The van der Waals surface area contributed by atoms with E-state index in [1.165, 1.54) is 6.33 Å². The van der Waals surface area contributed by atoms with Crippen molar-refractivity contribution in [1.29, 1.82) is 0 Å². The highest BCUT2D eigenvalue weighted by molar-refractivity contribution is 7.99. The Morgan fingerprint density at radius 2 is 1.65 bits per heavy atom. The molecule has 164 valence electrons. The average molecular weight is 445 g/mol. The van der Waals surface area contributed by atoms with Crippen molar-refractivity contribution >= 4 is 29.1 Å². The number of thioether (sulfide) groups is 1. The predicted octanol–water partition coefficient (Wildman–Crippen LogP) is 1.99. The normalized spacial score (nSPS) is 19.0. The molecule has 10 nitrogen and oxygen atoms in total. The molecule has 0 amide bonds. The summed E-state index contributed by atoms with van der Waals surface area (Å²) in [5.41, 5.74) is 1.19. The summed E-state index contributed by atoms with van der Waals surface area (Å²) in [6, 6.07) is 6.02. The van der Waals surface area contributed by atoms with Gasteiger partial charge in [0.15, 0.2) is 11.5 Å². The van der Waals surface area contributed by atoms with E-state index < -0.39 is 0 Å². The van der Waals surface area contributed by atoms with Gasteiger partial charge in [-0.25, -0.2) is 9.97 Å². The third kappa shape index (κ3) is 4.19. The minimum atomic E-state index is -0.328. The van der Waals surface area contributed by atoms with Gasteiger partial charge in [0.05, 0.1) is 4.92 Å². The van der Waals surface area contributed by atoms with E-state index in [2.05, 4.69) is 20.9 Å². The van der Waals surface area contributed by atoms with E-state index in [0.29, 0.717) is 24.7 Å². The minimum absolute atomic E-state index is 0.0265. The monoisotopic (exact) mass is 444 g/mol. The maximum atomic E-state index is 12.0. The molecule has 5 rings (SSSR count). The molecule has 11 heteroatoms. The number of aromatic nitrogens is 2. The van der Waals surface area contributed by atoms with Crippen molar-refractivity contribution in [2.45, 2.75) is 6.54 Å². The van der Waals surface area contributed by atoms with Crippen LogP contribution < -0.4 is 19.3 Å². The lowest BCUT2D eigenvalue weighted by atomic mass is 10.1. The van der Waals surface area contributed by atoms with Gasteiger partial charge in [-0.15, -0.1) is 0 Å². The Balaban J connectivity index is 1.28. The zero-order valence-electron chi connectivity index (χ0n) is 17.1. The number of nitrogens with zero attached hydrogens (tertiary/aromatic N) is 6. The van der Waals surface area contributed by atoms with Crippen molar-refractivity contribution in [2.24, 2.45) is 0 Å². The first-order chi connectivity index (χ1) is 15.2. The number of hydrogen-bond donors (Lipinski definition) is 0. The Morgan fingerprint density at radius 3 is 2.35 bits per heavy atom. The highest BCUT2D eigenvalue weighted by Gasteiger charge is 2.32. The number of benzene rings is 1. The lowest BCUT2D eigenvalue weighted by molar-refractivity contribution is -0.383. The lowest BCUT2D eigenvalue weighted by Gasteiger charge is -2.35. The fourth-order valence-corrected chi connectivity index (χ4v) is 5.08. The first-order valence-electron chi connectivity index (χ1n) is 10.4. The fraction of sp³-hybridized carbons (Fsp3) is 0.500. The third-order valence-electron chi connectivity index (χ3n) is 5.79. The summed E-state index contributed by atoms with van der Waals surface area (Å²) >= 11 is 1.86. The third-order valence-corrected chi connectivity index (χ3v) is 6.73. The first-order valence-corrected chi connectivity index (χ1v) is 11.5. The molecule has 0 bridgehead atoms. The molecule has 31 heavy (non-hydrogen) atoms. The molecule has 2 saturated heterocycles. The Labute approximate surface area is 184 Å². The molecule has 0 radical (unpaired) electrons. The van der Waals surface area contributed by atoms with Crippen molar-refractivity contribution in [3.63, 3.8) is 0 Å². The number of piperazine rings is 1. The molecular formula is C20H24N6O4S. The predicted molar refractivity (Wildman–Crippen MR) is 118 cm³/mol. The quantitative estimate of drug-likeness (QED) is 0.503. The van der Waals surface area contributed by atoms with Gasteiger partial charge >= 0.3 is 5.69 Å². The van der Waals surface area contributed by atoms with Crippen molar-refractivity contribution in [1.82, 2.24) is 14.9 Å². The van der Waals surface area contributed by atoms with Gasteiger partial charge in [-0.3, -0.25) is 15.0 Å². The number of nitro groups is 1. The molecule has 0 saturated carbocycles. The summed E-state index contributed by atoms with van der Waals surface area (Å²) in [4.78, 5) is 26.6. The molecule has 3 aliphatic rings. The maximum Gasteiger partial charge on any atom is 0.353 e. The van der Waals surface area contributed by atoms with Crippen LogP contribution in [0.4, 0.5) is 17.3 Å². The topological polar surface area (TPSA) is 97.1 Å². The summed E-state index contributed by atoms with van der Waals surface area (Å²) in [6.45, 7) is 5.56. The summed E-state index contributed by atoms with van der Waals surface area (Å²) in [6.07, 6.45) is 1.46. The summed E-state index contributed by atoms with van der Waals surface area (Å²) in [5, 5.41) is 12.0. The van der Waals surface area contributed by atoms with E-state index in [1.54, 1.807) is 0 Å². The van der Waals surface area contributed by atoms with Gasteiger partial charge in [0.2, 0.25) is 18.4 Å². The van der Waals surface area contributed by atoms with Gasteiger partial charge in [-0.05, 0) is 17.7 Å². The second-order valence-corrected chi connectivity index (χ2v) is 8.90. The van der Waals surface area contributed by atoms with Crippen LogP contribution in [-0.2, 0) is 6.54 Å². The van der Waals surface area contributed by atoms with Crippen molar-refractivity contribution in [2.75, 3.05) is 67.4 Å². The molecule has 1 aromatic carbocycles. The van der Waals surface area contributed by atoms with Crippen LogP contribution in [0.3, 0.4) is 0 Å². The van der Waals surface area contributed by atoms with Crippen LogP contribution in [0.25, 0.3) is 0 Å². The molecule has 0 aliphatic carbocycles. The second kappa shape index (κ2) is 8.75. The van der Waals surface area contributed by atoms with E-state index in [4.69, 9.17) is 9.47 Å². The van der Waals surface area contributed by atoms with Gasteiger partial charge in [0.1, 0.15) is 6.33 Å². The maximum absolute atomic E-state index is 12.0. The summed E-state index contributed by atoms with van der Waals surface area (Å²) in [5.74, 6) is 4.35. The second-order valence-electron chi connectivity index (χ2n) is 7.68. The van der Waals surface area contributed by atoms with Gasteiger partial charge < -0.3 is 19.3 Å². The molecule has 3 aliphatic heterocycles. The van der Waals surface area contributed by atoms with Crippen LogP contribution in [0, 0.1) is 10.1 Å². The fourth-order valence-electron chi connectivity index (χ4n) is 4.18. The number of rotatable bonds is 5. The number of ether oxygens (including phenoxy) is 2. The van der Waals surface area contributed by atoms with Gasteiger partial charge in [-0.2, -0.15) is 11.8 Å². The smallest absolute Gasteiger partial charge is 0.353 e. The SMILES string of the molecule is O=[N+]([O-])c1c(N2CCSCC2)ncnc1N1CCN(Cc2ccc3c(c2)OCO3)CC1. The Kier molecular flexibility index (Phi) is 5.68. The van der Waals surface area contributed by atoms with Crippen LogP contribution in [-0.4, -0.2) is 77.4 Å². The highest BCUT2D eigenvalue weighted by Crippen LogP contribution is 2.36. The standard InChI is InChI=1S/C20H24N6O4S/c27-26(28)18-19(21-13-22-20(18)25-7-9-31-10-8-25)24-5-3-23(4-6-24)12-15-1-2-16-17(11-15)30-14-29-16/h1-2,11,13H,3-10,12,14H2. The minimum Gasteiger partial charge on any atom is -0.454 e. The van der Waals surface area contributed by atoms with E-state index in [0.717, 1.165) is 61.3 Å². The highest BCUT2D eigenvalue weighted by atomic mass is 32.2. The molecular weight excluding hydrogens is 420 g/mol.